The van der Waals surface area contributed by atoms with E-state index in [1.165, 1.54) is 44.9 Å². The van der Waals surface area contributed by atoms with Gasteiger partial charge in [-0.2, -0.15) is 0 Å². The van der Waals surface area contributed by atoms with Gasteiger partial charge < -0.3 is 5.11 Å². The van der Waals surface area contributed by atoms with Crippen molar-refractivity contribution in [3.63, 3.8) is 0 Å². The van der Waals surface area contributed by atoms with Gasteiger partial charge in [0.15, 0.2) is 0 Å². The summed E-state index contributed by atoms with van der Waals surface area (Å²) in [6, 6.07) is 0. The molecule has 29 heavy (non-hydrogen) atoms. The largest absolute Gasteiger partial charge is 0.393 e. The maximum atomic E-state index is 10.3. The monoisotopic (exact) mass is 400 g/mol. The van der Waals surface area contributed by atoms with Gasteiger partial charge in [-0.15, -0.1) is 0 Å². The first kappa shape index (κ1) is 21.9. The van der Waals surface area contributed by atoms with E-state index < -0.39 is 0 Å². The molecule has 0 aromatic heterocycles. The maximum absolute atomic E-state index is 10.3. The lowest BCUT2D eigenvalue weighted by Gasteiger charge is -2.61. The minimum atomic E-state index is -0.0183. The van der Waals surface area contributed by atoms with Crippen molar-refractivity contribution in [2.75, 3.05) is 0 Å². The second-order valence-electron chi connectivity index (χ2n) is 12.7. The molecule has 0 saturated heterocycles. The molecule has 0 aliphatic heterocycles. The third-order valence-corrected chi connectivity index (χ3v) is 11.1. The molecule has 0 spiro atoms. The SMILES string of the molecule is CC(C)C(C)/C=C/[C@@H](C)[C@H]1CC[C@H]2[C@@H]3CCC4C[C@H](O)CC[C@]4(C)[C@H]3CC[C@]12C. The fourth-order valence-electron chi connectivity index (χ4n) is 8.85. The van der Waals surface area contributed by atoms with E-state index in [4.69, 9.17) is 0 Å². The lowest BCUT2D eigenvalue weighted by Crippen LogP contribution is -2.54. The Balaban J connectivity index is 1.50. The quantitative estimate of drug-likeness (QED) is 0.485. The third kappa shape index (κ3) is 3.66. The van der Waals surface area contributed by atoms with Crippen molar-refractivity contribution >= 4 is 0 Å². The molecule has 4 aliphatic carbocycles. The number of fused-ring (bicyclic) bond motifs is 5. The molecule has 2 unspecified atom stereocenters. The normalized spacial score (nSPS) is 49.5. The number of hydrogen-bond donors (Lipinski definition) is 1. The van der Waals surface area contributed by atoms with Crippen molar-refractivity contribution in [3.8, 4) is 0 Å². The molecule has 4 fully saturated rings. The Morgan fingerprint density at radius 2 is 1.48 bits per heavy atom. The van der Waals surface area contributed by atoms with Crippen LogP contribution in [0.3, 0.4) is 0 Å². The molecule has 166 valence electrons. The average molecular weight is 401 g/mol. The van der Waals surface area contributed by atoms with Crippen molar-refractivity contribution in [3.05, 3.63) is 12.2 Å². The number of allylic oxidation sites excluding steroid dienone is 2. The Morgan fingerprint density at radius 1 is 0.793 bits per heavy atom. The Labute approximate surface area is 181 Å². The van der Waals surface area contributed by atoms with Gasteiger partial charge >= 0.3 is 0 Å². The van der Waals surface area contributed by atoms with Gasteiger partial charge in [-0.1, -0.05) is 53.7 Å². The smallest absolute Gasteiger partial charge is 0.0543 e. The molecule has 1 nitrogen and oxygen atoms in total. The Morgan fingerprint density at radius 3 is 2.21 bits per heavy atom. The molecule has 4 aliphatic rings. The van der Waals surface area contributed by atoms with E-state index in [0.717, 1.165) is 54.3 Å². The van der Waals surface area contributed by atoms with E-state index in [2.05, 4.69) is 53.7 Å². The van der Waals surface area contributed by atoms with Crippen molar-refractivity contribution in [1.82, 2.24) is 0 Å². The van der Waals surface area contributed by atoms with E-state index in [1.807, 2.05) is 0 Å². The van der Waals surface area contributed by atoms with Gasteiger partial charge in [-0.3, -0.25) is 0 Å². The molecule has 0 heterocycles. The standard InChI is InChI=1S/C28H48O/c1-18(2)19(3)7-8-20(4)24-11-12-25-23-10-9-21-17-22(29)13-15-27(21,5)26(23)14-16-28(24,25)6/h7-8,18-26,29H,9-17H2,1-6H3/b8-7+/t19?,20-,21?,22-,23+,24-,25+,26+,27+,28-/m1/s1. The van der Waals surface area contributed by atoms with Crippen LogP contribution in [0.15, 0.2) is 12.2 Å². The first-order valence-electron chi connectivity index (χ1n) is 13.0. The van der Waals surface area contributed by atoms with Gasteiger partial charge in [0.25, 0.3) is 0 Å². The van der Waals surface area contributed by atoms with Gasteiger partial charge in [0.05, 0.1) is 6.10 Å². The van der Waals surface area contributed by atoms with Crippen LogP contribution in [0, 0.1) is 58.2 Å². The van der Waals surface area contributed by atoms with E-state index in [9.17, 15) is 5.11 Å². The summed E-state index contributed by atoms with van der Waals surface area (Å²) in [5.74, 6) is 6.66. The summed E-state index contributed by atoms with van der Waals surface area (Å²) in [5, 5.41) is 10.3. The number of hydrogen-bond acceptors (Lipinski definition) is 1. The predicted octanol–water partition coefficient (Wildman–Crippen LogP) is 7.49. The summed E-state index contributed by atoms with van der Waals surface area (Å²) in [6.07, 6.45) is 17.1. The molecule has 0 aromatic rings. The van der Waals surface area contributed by atoms with Crippen molar-refractivity contribution in [2.24, 2.45) is 58.2 Å². The molecule has 0 aromatic carbocycles. The summed E-state index contributed by atoms with van der Waals surface area (Å²) in [4.78, 5) is 0. The zero-order valence-electron chi connectivity index (χ0n) is 20.2. The van der Waals surface area contributed by atoms with Crippen LogP contribution < -0.4 is 0 Å². The second-order valence-corrected chi connectivity index (χ2v) is 12.7. The van der Waals surface area contributed by atoms with Gasteiger partial charge in [0.2, 0.25) is 0 Å². The molecule has 0 radical (unpaired) electrons. The molecule has 0 amide bonds. The summed E-state index contributed by atoms with van der Waals surface area (Å²) in [7, 11) is 0. The van der Waals surface area contributed by atoms with Crippen LogP contribution in [0.5, 0.6) is 0 Å². The fraction of sp³-hybridized carbons (Fsp3) is 0.929. The van der Waals surface area contributed by atoms with Crippen molar-refractivity contribution in [1.29, 1.82) is 0 Å². The van der Waals surface area contributed by atoms with Crippen LogP contribution >= 0.6 is 0 Å². The Bertz CT molecular complexity index is 607. The molecule has 4 rings (SSSR count). The summed E-state index contributed by atoms with van der Waals surface area (Å²) in [6.45, 7) is 14.9. The third-order valence-electron chi connectivity index (χ3n) is 11.1. The van der Waals surface area contributed by atoms with Crippen LogP contribution in [0.2, 0.25) is 0 Å². The second kappa shape index (κ2) is 7.99. The van der Waals surface area contributed by atoms with E-state index in [0.29, 0.717) is 16.7 Å². The predicted molar refractivity (Wildman–Crippen MR) is 124 cm³/mol. The molecule has 10 atom stereocenters. The number of aliphatic hydroxyl groups excluding tert-OH is 1. The van der Waals surface area contributed by atoms with Crippen LogP contribution in [0.1, 0.15) is 99.3 Å². The van der Waals surface area contributed by atoms with Crippen molar-refractivity contribution in [2.45, 2.75) is 105 Å². The highest BCUT2D eigenvalue weighted by molar-refractivity contribution is 5.11. The highest BCUT2D eigenvalue weighted by Crippen LogP contribution is 2.68. The van der Waals surface area contributed by atoms with Gasteiger partial charge in [0, 0.05) is 0 Å². The molecule has 4 saturated carbocycles. The molecule has 0 bridgehead atoms. The van der Waals surface area contributed by atoms with E-state index >= 15 is 0 Å². The lowest BCUT2D eigenvalue weighted by molar-refractivity contribution is -0.128. The topological polar surface area (TPSA) is 20.2 Å². The van der Waals surface area contributed by atoms with Crippen LogP contribution in [-0.4, -0.2) is 11.2 Å². The minimum absolute atomic E-state index is 0.0183. The minimum Gasteiger partial charge on any atom is -0.393 e. The first-order valence-corrected chi connectivity index (χ1v) is 13.0. The lowest BCUT2D eigenvalue weighted by atomic mass is 9.44. The molecule has 1 heteroatoms. The first-order chi connectivity index (χ1) is 13.7. The summed E-state index contributed by atoms with van der Waals surface area (Å²) in [5.41, 5.74) is 1.07. The van der Waals surface area contributed by atoms with Gasteiger partial charge in [0.1, 0.15) is 0 Å². The maximum Gasteiger partial charge on any atom is 0.0543 e. The zero-order chi connectivity index (χ0) is 21.0. The highest BCUT2D eigenvalue weighted by Gasteiger charge is 2.60. The van der Waals surface area contributed by atoms with Crippen LogP contribution in [-0.2, 0) is 0 Å². The average Bonchev–Trinajstić information content (AvgIpc) is 3.03. The fourth-order valence-corrected chi connectivity index (χ4v) is 8.85. The highest BCUT2D eigenvalue weighted by atomic mass is 16.3. The van der Waals surface area contributed by atoms with Crippen molar-refractivity contribution < 1.29 is 5.11 Å². The number of aliphatic hydroxyl groups is 1. The van der Waals surface area contributed by atoms with Crippen LogP contribution in [0.25, 0.3) is 0 Å². The van der Waals surface area contributed by atoms with Crippen LogP contribution in [0.4, 0.5) is 0 Å². The Kier molecular flexibility index (Phi) is 6.04. The summed E-state index contributed by atoms with van der Waals surface area (Å²) < 4.78 is 0. The number of rotatable bonds is 4. The Hall–Kier alpha value is -0.300. The zero-order valence-corrected chi connectivity index (χ0v) is 20.2. The van der Waals surface area contributed by atoms with E-state index in [-0.39, 0.29) is 6.10 Å². The van der Waals surface area contributed by atoms with Gasteiger partial charge in [-0.05, 0) is 116 Å². The summed E-state index contributed by atoms with van der Waals surface area (Å²) >= 11 is 0. The molecular formula is C28H48O. The molecule has 1 N–H and O–H groups in total. The molecular weight excluding hydrogens is 352 g/mol. The van der Waals surface area contributed by atoms with E-state index in [1.54, 1.807) is 0 Å². The van der Waals surface area contributed by atoms with Gasteiger partial charge in [-0.25, -0.2) is 0 Å².